The Balaban J connectivity index is 2.35. The Morgan fingerprint density at radius 3 is 2.47 bits per heavy atom. The average Bonchev–Trinajstić information content (AvgIpc) is 2.73. The second-order valence-corrected chi connectivity index (χ2v) is 6.01. The number of nitrogens with zero attached hydrogens (tertiary/aromatic N) is 2. The molecular formula is C16H22N2S. The van der Waals surface area contributed by atoms with Crippen molar-refractivity contribution >= 4 is 17.0 Å². The molecule has 0 unspecified atom stereocenters. The SMILES string of the molecule is CCCn1c(C)csc1=Nc1ccc(C(C)C)cc1. The zero-order valence-electron chi connectivity index (χ0n) is 12.2. The number of aryl methyl sites for hydroxylation is 1. The summed E-state index contributed by atoms with van der Waals surface area (Å²) in [5.74, 6) is 0.572. The molecule has 0 bridgehead atoms. The molecule has 0 aliphatic carbocycles. The van der Waals surface area contributed by atoms with Crippen molar-refractivity contribution in [2.24, 2.45) is 4.99 Å². The predicted octanol–water partition coefficient (Wildman–Crippen LogP) is 4.62. The van der Waals surface area contributed by atoms with Crippen molar-refractivity contribution in [2.75, 3.05) is 0 Å². The molecular weight excluding hydrogens is 252 g/mol. The van der Waals surface area contributed by atoms with E-state index in [4.69, 9.17) is 4.99 Å². The molecule has 102 valence electrons. The molecule has 0 atom stereocenters. The van der Waals surface area contributed by atoms with Crippen molar-refractivity contribution in [3.63, 3.8) is 0 Å². The fourth-order valence-electron chi connectivity index (χ4n) is 2.04. The third kappa shape index (κ3) is 3.35. The fraction of sp³-hybridized carbons (Fsp3) is 0.438. The summed E-state index contributed by atoms with van der Waals surface area (Å²) in [6.45, 7) is 9.81. The van der Waals surface area contributed by atoms with Crippen molar-refractivity contribution in [3.05, 3.63) is 45.7 Å². The van der Waals surface area contributed by atoms with Gasteiger partial charge in [0.25, 0.3) is 0 Å². The van der Waals surface area contributed by atoms with E-state index in [1.807, 2.05) is 0 Å². The number of hydrogen-bond donors (Lipinski definition) is 0. The molecule has 19 heavy (non-hydrogen) atoms. The number of benzene rings is 1. The first-order chi connectivity index (χ1) is 9.11. The normalized spacial score (nSPS) is 12.4. The molecule has 0 saturated carbocycles. The van der Waals surface area contributed by atoms with Crippen molar-refractivity contribution in [2.45, 2.75) is 46.6 Å². The summed E-state index contributed by atoms with van der Waals surface area (Å²) in [6.07, 6.45) is 1.14. The molecule has 0 N–H and O–H groups in total. The Hall–Kier alpha value is -1.35. The smallest absolute Gasteiger partial charge is 0.190 e. The summed E-state index contributed by atoms with van der Waals surface area (Å²) in [4.78, 5) is 5.86. The molecule has 2 nitrogen and oxygen atoms in total. The monoisotopic (exact) mass is 274 g/mol. The van der Waals surface area contributed by atoms with E-state index in [0.29, 0.717) is 5.92 Å². The molecule has 0 saturated heterocycles. The van der Waals surface area contributed by atoms with Crippen molar-refractivity contribution in [1.82, 2.24) is 4.57 Å². The van der Waals surface area contributed by atoms with Gasteiger partial charge < -0.3 is 4.57 Å². The maximum absolute atomic E-state index is 4.76. The summed E-state index contributed by atoms with van der Waals surface area (Å²) in [5, 5.41) is 2.18. The molecule has 1 aromatic carbocycles. The van der Waals surface area contributed by atoms with Crippen LogP contribution in [-0.4, -0.2) is 4.57 Å². The quantitative estimate of drug-likeness (QED) is 0.774. The van der Waals surface area contributed by atoms with Gasteiger partial charge in [-0.2, -0.15) is 0 Å². The Morgan fingerprint density at radius 2 is 1.89 bits per heavy atom. The Labute approximate surface area is 119 Å². The molecule has 3 heteroatoms. The summed E-state index contributed by atoms with van der Waals surface area (Å²) in [5.41, 5.74) is 3.70. The van der Waals surface area contributed by atoms with Crippen LogP contribution < -0.4 is 4.80 Å². The third-order valence-electron chi connectivity index (χ3n) is 3.22. The van der Waals surface area contributed by atoms with Crippen LogP contribution >= 0.6 is 11.3 Å². The maximum Gasteiger partial charge on any atom is 0.190 e. The van der Waals surface area contributed by atoms with Crippen molar-refractivity contribution in [3.8, 4) is 0 Å². The second-order valence-electron chi connectivity index (χ2n) is 5.17. The fourth-order valence-corrected chi connectivity index (χ4v) is 2.97. The van der Waals surface area contributed by atoms with Gasteiger partial charge in [0.15, 0.2) is 4.80 Å². The molecule has 0 amide bonds. The number of hydrogen-bond acceptors (Lipinski definition) is 2. The molecule has 2 rings (SSSR count). The minimum absolute atomic E-state index is 0.572. The standard InChI is InChI=1S/C16H22N2S/c1-5-10-18-13(4)11-19-16(18)17-15-8-6-14(7-9-15)12(2)3/h6-9,11-12H,5,10H2,1-4H3. The van der Waals surface area contributed by atoms with Crippen LogP contribution in [-0.2, 0) is 6.54 Å². The molecule has 0 fully saturated rings. The van der Waals surface area contributed by atoms with E-state index < -0.39 is 0 Å². The molecule has 0 radical (unpaired) electrons. The van der Waals surface area contributed by atoms with Crippen LogP contribution in [0, 0.1) is 6.92 Å². The van der Waals surface area contributed by atoms with Crippen LogP contribution in [0.4, 0.5) is 5.69 Å². The topological polar surface area (TPSA) is 17.3 Å². The lowest BCUT2D eigenvalue weighted by Gasteiger charge is -2.05. The van der Waals surface area contributed by atoms with E-state index in [1.165, 1.54) is 11.3 Å². The lowest BCUT2D eigenvalue weighted by atomic mass is 10.0. The third-order valence-corrected chi connectivity index (χ3v) is 4.20. The van der Waals surface area contributed by atoms with Crippen LogP contribution in [0.3, 0.4) is 0 Å². The number of aromatic nitrogens is 1. The van der Waals surface area contributed by atoms with Gasteiger partial charge in [0.1, 0.15) is 0 Å². The zero-order chi connectivity index (χ0) is 13.8. The van der Waals surface area contributed by atoms with Crippen molar-refractivity contribution < 1.29 is 0 Å². The highest BCUT2D eigenvalue weighted by molar-refractivity contribution is 7.07. The van der Waals surface area contributed by atoms with Gasteiger partial charge in [0, 0.05) is 17.6 Å². The zero-order valence-corrected chi connectivity index (χ0v) is 13.0. The first kappa shape index (κ1) is 14.1. The minimum Gasteiger partial charge on any atom is -0.321 e. The predicted molar refractivity (Wildman–Crippen MR) is 83.1 cm³/mol. The van der Waals surface area contributed by atoms with Crippen LogP contribution in [0.2, 0.25) is 0 Å². The van der Waals surface area contributed by atoms with Crippen LogP contribution in [0.5, 0.6) is 0 Å². The second kappa shape index (κ2) is 6.20. The Morgan fingerprint density at radius 1 is 1.21 bits per heavy atom. The molecule has 0 aliphatic rings. The van der Waals surface area contributed by atoms with E-state index in [9.17, 15) is 0 Å². The van der Waals surface area contributed by atoms with E-state index in [-0.39, 0.29) is 0 Å². The van der Waals surface area contributed by atoms with Gasteiger partial charge in [-0.1, -0.05) is 32.9 Å². The highest BCUT2D eigenvalue weighted by Crippen LogP contribution is 2.18. The first-order valence-corrected chi connectivity index (χ1v) is 7.79. The Kier molecular flexibility index (Phi) is 4.59. The minimum atomic E-state index is 0.572. The molecule has 0 spiro atoms. The van der Waals surface area contributed by atoms with Crippen LogP contribution in [0.15, 0.2) is 34.6 Å². The van der Waals surface area contributed by atoms with Gasteiger partial charge in [-0.3, -0.25) is 0 Å². The van der Waals surface area contributed by atoms with E-state index >= 15 is 0 Å². The Bertz CT molecular complexity index is 588. The summed E-state index contributed by atoms with van der Waals surface area (Å²) < 4.78 is 2.29. The van der Waals surface area contributed by atoms with Gasteiger partial charge >= 0.3 is 0 Å². The summed E-state index contributed by atoms with van der Waals surface area (Å²) in [6, 6.07) is 8.57. The molecule has 0 aliphatic heterocycles. The molecule has 1 aromatic heterocycles. The van der Waals surface area contributed by atoms with Crippen LogP contribution in [0.1, 0.15) is 44.4 Å². The van der Waals surface area contributed by atoms with Crippen LogP contribution in [0.25, 0.3) is 0 Å². The molecule has 1 heterocycles. The van der Waals surface area contributed by atoms with Gasteiger partial charge in [-0.25, -0.2) is 4.99 Å². The lowest BCUT2D eigenvalue weighted by Crippen LogP contribution is -2.15. The lowest BCUT2D eigenvalue weighted by molar-refractivity contribution is 0.644. The van der Waals surface area contributed by atoms with Gasteiger partial charge in [-0.05, 0) is 37.0 Å². The number of thiazole rings is 1. The summed E-state index contributed by atoms with van der Waals surface area (Å²) >= 11 is 1.72. The van der Waals surface area contributed by atoms with E-state index in [1.54, 1.807) is 11.3 Å². The summed E-state index contributed by atoms with van der Waals surface area (Å²) in [7, 11) is 0. The van der Waals surface area contributed by atoms with Gasteiger partial charge in [0.05, 0.1) is 5.69 Å². The maximum atomic E-state index is 4.76. The van der Waals surface area contributed by atoms with E-state index in [2.05, 4.69) is 61.9 Å². The largest absolute Gasteiger partial charge is 0.321 e. The molecule has 2 aromatic rings. The average molecular weight is 274 g/mol. The van der Waals surface area contributed by atoms with E-state index in [0.717, 1.165) is 23.5 Å². The highest BCUT2D eigenvalue weighted by Gasteiger charge is 2.01. The highest BCUT2D eigenvalue weighted by atomic mass is 32.1. The number of rotatable bonds is 4. The van der Waals surface area contributed by atoms with Gasteiger partial charge in [0.2, 0.25) is 0 Å². The first-order valence-electron chi connectivity index (χ1n) is 6.91. The van der Waals surface area contributed by atoms with Gasteiger partial charge in [-0.15, -0.1) is 11.3 Å². The van der Waals surface area contributed by atoms with Crippen molar-refractivity contribution in [1.29, 1.82) is 0 Å².